The van der Waals surface area contributed by atoms with Crippen LogP contribution in [0.15, 0.2) is 6.07 Å². The largest absolute Gasteiger partial charge is 0.444 e. The van der Waals surface area contributed by atoms with Crippen molar-refractivity contribution in [3.8, 4) is 0 Å². The lowest BCUT2D eigenvalue weighted by atomic mass is 9.94. The molecule has 0 radical (unpaired) electrons. The van der Waals surface area contributed by atoms with Crippen molar-refractivity contribution in [1.29, 1.82) is 0 Å². The molecular formula is C14H20N4O2. The van der Waals surface area contributed by atoms with Crippen LogP contribution < -0.4 is 10.2 Å². The fourth-order valence-electron chi connectivity index (χ4n) is 2.83. The smallest absolute Gasteiger partial charge is 0.415 e. The van der Waals surface area contributed by atoms with Crippen LogP contribution in [0.1, 0.15) is 37.2 Å². The Labute approximate surface area is 118 Å². The molecule has 108 valence electrons. The van der Waals surface area contributed by atoms with Gasteiger partial charge < -0.3 is 10.1 Å². The molecule has 2 aliphatic heterocycles. The molecule has 1 N–H and O–H groups in total. The van der Waals surface area contributed by atoms with E-state index in [9.17, 15) is 4.79 Å². The van der Waals surface area contributed by atoms with Crippen LogP contribution in [0, 0.1) is 6.92 Å². The highest BCUT2D eigenvalue weighted by Crippen LogP contribution is 2.27. The second kappa shape index (κ2) is 5.36. The molecule has 2 fully saturated rings. The summed E-state index contributed by atoms with van der Waals surface area (Å²) in [7, 11) is 0. The summed E-state index contributed by atoms with van der Waals surface area (Å²) >= 11 is 0. The average Bonchev–Trinajstić information content (AvgIpc) is 2.78. The van der Waals surface area contributed by atoms with Crippen LogP contribution in [0.3, 0.4) is 0 Å². The zero-order chi connectivity index (χ0) is 14.1. The van der Waals surface area contributed by atoms with E-state index in [2.05, 4.69) is 15.3 Å². The van der Waals surface area contributed by atoms with Crippen LogP contribution >= 0.6 is 0 Å². The molecule has 1 atom stereocenters. The number of cyclic esters (lactones) is 1. The maximum atomic E-state index is 11.8. The Morgan fingerprint density at radius 1 is 1.35 bits per heavy atom. The maximum absolute atomic E-state index is 11.8. The van der Waals surface area contributed by atoms with Crippen molar-refractivity contribution in [2.45, 2.75) is 38.7 Å². The lowest BCUT2D eigenvalue weighted by Gasteiger charge is -2.23. The Morgan fingerprint density at radius 2 is 2.10 bits per heavy atom. The van der Waals surface area contributed by atoms with Gasteiger partial charge in [-0.15, -0.1) is 0 Å². The van der Waals surface area contributed by atoms with Crippen LogP contribution in [0.25, 0.3) is 0 Å². The molecule has 0 unspecified atom stereocenters. The molecule has 0 aromatic carbocycles. The summed E-state index contributed by atoms with van der Waals surface area (Å²) in [6, 6.07) is 1.95. The van der Waals surface area contributed by atoms with Gasteiger partial charge in [0.15, 0.2) is 0 Å². The Bertz CT molecular complexity index is 514. The standard InChI is InChI=1S/C14H20N4O2/c1-9-8-18(14(19)20-9)13-7-12(16-10(2)17-13)11-3-5-15-6-4-11/h7,9,11,15H,3-6,8H2,1-2H3/t9-/m1/s1. The van der Waals surface area contributed by atoms with E-state index in [0.29, 0.717) is 24.1 Å². The molecule has 1 aromatic rings. The minimum absolute atomic E-state index is 0.0832. The van der Waals surface area contributed by atoms with Gasteiger partial charge in [0.1, 0.15) is 17.7 Å². The second-order valence-electron chi connectivity index (χ2n) is 5.53. The number of aromatic nitrogens is 2. The number of nitrogens with zero attached hydrogens (tertiary/aromatic N) is 3. The third-order valence-corrected chi connectivity index (χ3v) is 3.84. The zero-order valence-electron chi connectivity index (χ0n) is 11.9. The topological polar surface area (TPSA) is 67.3 Å². The first-order valence-corrected chi connectivity index (χ1v) is 7.18. The highest BCUT2D eigenvalue weighted by molar-refractivity contribution is 5.88. The normalized spacial score (nSPS) is 24.0. The molecular weight excluding hydrogens is 256 g/mol. The van der Waals surface area contributed by atoms with Crippen molar-refractivity contribution in [2.24, 2.45) is 0 Å². The van der Waals surface area contributed by atoms with E-state index in [1.165, 1.54) is 0 Å². The number of carbonyl (C=O) groups is 1. The van der Waals surface area contributed by atoms with Crippen LogP contribution in [-0.2, 0) is 4.74 Å². The van der Waals surface area contributed by atoms with E-state index in [4.69, 9.17) is 4.74 Å². The molecule has 3 heterocycles. The predicted octanol–water partition coefficient (Wildman–Crippen LogP) is 1.60. The Kier molecular flexibility index (Phi) is 3.56. The van der Waals surface area contributed by atoms with Crippen LogP contribution in [0.4, 0.5) is 10.6 Å². The molecule has 6 nitrogen and oxygen atoms in total. The number of nitrogens with one attached hydrogen (secondary N) is 1. The molecule has 1 amide bonds. The molecule has 3 rings (SSSR count). The average molecular weight is 276 g/mol. The third kappa shape index (κ3) is 2.60. The lowest BCUT2D eigenvalue weighted by Crippen LogP contribution is -2.28. The minimum Gasteiger partial charge on any atom is -0.444 e. The molecule has 0 bridgehead atoms. The number of aryl methyl sites for hydroxylation is 1. The van der Waals surface area contributed by atoms with Gasteiger partial charge in [-0.05, 0) is 39.8 Å². The van der Waals surface area contributed by atoms with Gasteiger partial charge in [0.25, 0.3) is 0 Å². The van der Waals surface area contributed by atoms with Gasteiger partial charge in [-0.1, -0.05) is 0 Å². The maximum Gasteiger partial charge on any atom is 0.415 e. The van der Waals surface area contributed by atoms with Gasteiger partial charge in [0, 0.05) is 17.7 Å². The fraction of sp³-hybridized carbons (Fsp3) is 0.643. The third-order valence-electron chi connectivity index (χ3n) is 3.84. The molecule has 6 heteroatoms. The number of hydrogen-bond acceptors (Lipinski definition) is 5. The van der Waals surface area contributed by atoms with Gasteiger partial charge in [-0.2, -0.15) is 0 Å². The molecule has 2 saturated heterocycles. The number of hydrogen-bond donors (Lipinski definition) is 1. The number of rotatable bonds is 2. The highest BCUT2D eigenvalue weighted by Gasteiger charge is 2.31. The summed E-state index contributed by atoms with van der Waals surface area (Å²) in [5.41, 5.74) is 1.04. The Balaban J connectivity index is 1.88. The molecule has 0 saturated carbocycles. The van der Waals surface area contributed by atoms with Crippen molar-refractivity contribution in [2.75, 3.05) is 24.5 Å². The summed E-state index contributed by atoms with van der Waals surface area (Å²) in [6.45, 7) is 6.36. The van der Waals surface area contributed by atoms with E-state index < -0.39 is 0 Å². The molecule has 1 aromatic heterocycles. The van der Waals surface area contributed by atoms with Crippen molar-refractivity contribution < 1.29 is 9.53 Å². The summed E-state index contributed by atoms with van der Waals surface area (Å²) in [5, 5.41) is 3.35. The first-order chi connectivity index (χ1) is 9.63. The number of piperidine rings is 1. The quantitative estimate of drug-likeness (QED) is 0.888. The number of amides is 1. The molecule has 2 aliphatic rings. The summed E-state index contributed by atoms with van der Waals surface area (Å²) < 4.78 is 5.17. The van der Waals surface area contributed by atoms with Gasteiger partial charge in [0.05, 0.1) is 6.54 Å². The number of carbonyl (C=O) groups excluding carboxylic acids is 1. The van der Waals surface area contributed by atoms with Gasteiger partial charge in [0.2, 0.25) is 0 Å². The summed E-state index contributed by atoms with van der Waals surface area (Å²) in [5.74, 6) is 1.83. The number of anilines is 1. The van der Waals surface area contributed by atoms with Gasteiger partial charge in [-0.3, -0.25) is 4.90 Å². The van der Waals surface area contributed by atoms with Crippen molar-refractivity contribution >= 4 is 11.9 Å². The second-order valence-corrected chi connectivity index (χ2v) is 5.53. The lowest BCUT2D eigenvalue weighted by molar-refractivity contribution is 0.150. The van der Waals surface area contributed by atoms with Crippen molar-refractivity contribution in [1.82, 2.24) is 15.3 Å². The zero-order valence-corrected chi connectivity index (χ0v) is 11.9. The van der Waals surface area contributed by atoms with E-state index in [0.717, 1.165) is 31.6 Å². The molecule has 0 aliphatic carbocycles. The Morgan fingerprint density at radius 3 is 2.75 bits per heavy atom. The molecule has 0 spiro atoms. The predicted molar refractivity (Wildman–Crippen MR) is 74.9 cm³/mol. The van der Waals surface area contributed by atoms with Gasteiger partial charge in [-0.25, -0.2) is 14.8 Å². The van der Waals surface area contributed by atoms with E-state index in [1.807, 2.05) is 19.9 Å². The van der Waals surface area contributed by atoms with E-state index in [1.54, 1.807) is 4.90 Å². The van der Waals surface area contributed by atoms with E-state index in [-0.39, 0.29) is 12.2 Å². The van der Waals surface area contributed by atoms with Crippen molar-refractivity contribution in [3.63, 3.8) is 0 Å². The highest BCUT2D eigenvalue weighted by atomic mass is 16.6. The fourth-order valence-corrected chi connectivity index (χ4v) is 2.83. The van der Waals surface area contributed by atoms with Crippen LogP contribution in [0.2, 0.25) is 0 Å². The monoisotopic (exact) mass is 276 g/mol. The van der Waals surface area contributed by atoms with Crippen molar-refractivity contribution in [3.05, 3.63) is 17.6 Å². The van der Waals surface area contributed by atoms with Gasteiger partial charge >= 0.3 is 6.09 Å². The Hall–Kier alpha value is -1.69. The van der Waals surface area contributed by atoms with Crippen LogP contribution in [0.5, 0.6) is 0 Å². The summed E-state index contributed by atoms with van der Waals surface area (Å²) in [6.07, 6.45) is 1.76. The minimum atomic E-state index is -0.313. The molecule has 20 heavy (non-hydrogen) atoms. The first-order valence-electron chi connectivity index (χ1n) is 7.18. The number of ether oxygens (including phenoxy) is 1. The van der Waals surface area contributed by atoms with E-state index >= 15 is 0 Å². The van der Waals surface area contributed by atoms with Crippen LogP contribution in [-0.4, -0.2) is 41.8 Å². The first kappa shape index (κ1) is 13.3. The SMILES string of the molecule is Cc1nc(C2CCNCC2)cc(N2C[C@@H](C)OC2=O)n1. The summed E-state index contributed by atoms with van der Waals surface area (Å²) in [4.78, 5) is 22.4.